The van der Waals surface area contributed by atoms with Gasteiger partial charge in [0.15, 0.2) is 0 Å². The Morgan fingerprint density at radius 1 is 0.957 bits per heavy atom. The third-order valence-corrected chi connectivity index (χ3v) is 2.75. The summed E-state index contributed by atoms with van der Waals surface area (Å²) in [5.74, 6) is -0.964. The number of aromatic nitrogens is 3. The molecule has 1 rings (SSSR count). The van der Waals surface area contributed by atoms with Crippen molar-refractivity contribution in [2.75, 3.05) is 26.4 Å². The molecule has 0 spiro atoms. The van der Waals surface area contributed by atoms with Crippen molar-refractivity contribution in [3.63, 3.8) is 0 Å². The summed E-state index contributed by atoms with van der Waals surface area (Å²) in [5.41, 5.74) is -3.67. The lowest BCUT2D eigenvalue weighted by atomic mass is 10.1. The zero-order chi connectivity index (χ0) is 17.4. The minimum absolute atomic E-state index is 0.216. The van der Waals surface area contributed by atoms with Crippen molar-refractivity contribution >= 4 is 11.7 Å². The van der Waals surface area contributed by atoms with Crippen LogP contribution in [0.15, 0.2) is 20.0 Å². The van der Waals surface area contributed by atoms with Crippen LogP contribution in [-0.4, -0.2) is 62.3 Å². The number of rotatable bonds is 8. The lowest BCUT2D eigenvalue weighted by Crippen LogP contribution is -2.43. The Kier molecular flexibility index (Phi) is 7.12. The molecule has 0 unspecified atom stereocenters. The maximum absolute atomic E-state index is 12.0. The van der Waals surface area contributed by atoms with Gasteiger partial charge in [0.1, 0.15) is 6.61 Å². The predicted molar refractivity (Wildman–Crippen MR) is 76.6 cm³/mol. The standard InChI is InChI=1S/C12H17N3O8/c16-3-1-7(9(19)23-6-5-18)8(2-4-17)15-11(21)13-10(20)14-12(15)22/h16-18H,1-6H2,(H2,13,14,20,21,22). The fraction of sp³-hybridized carbons (Fsp3) is 0.500. The number of aliphatic hydroxyl groups excluding tert-OH is 3. The van der Waals surface area contributed by atoms with Gasteiger partial charge in [0, 0.05) is 31.8 Å². The Hall–Kier alpha value is -2.50. The van der Waals surface area contributed by atoms with Crippen LogP contribution in [0.2, 0.25) is 0 Å². The van der Waals surface area contributed by atoms with Crippen LogP contribution in [0.5, 0.6) is 0 Å². The van der Waals surface area contributed by atoms with Crippen molar-refractivity contribution in [3.05, 3.63) is 37.0 Å². The van der Waals surface area contributed by atoms with E-state index in [-0.39, 0.29) is 30.7 Å². The zero-order valence-corrected chi connectivity index (χ0v) is 12.1. The summed E-state index contributed by atoms with van der Waals surface area (Å²) >= 11 is 0. The number of nitrogens with zero attached hydrogens (tertiary/aromatic N) is 1. The highest BCUT2D eigenvalue weighted by molar-refractivity contribution is 5.94. The van der Waals surface area contributed by atoms with Crippen LogP contribution in [0, 0.1) is 0 Å². The van der Waals surface area contributed by atoms with Gasteiger partial charge in [-0.05, 0) is 0 Å². The van der Waals surface area contributed by atoms with E-state index in [9.17, 15) is 19.2 Å². The minimum atomic E-state index is -1.10. The van der Waals surface area contributed by atoms with Crippen LogP contribution < -0.4 is 17.1 Å². The van der Waals surface area contributed by atoms with Gasteiger partial charge in [-0.3, -0.25) is 9.97 Å². The Labute approximate surface area is 128 Å². The molecular formula is C12H17N3O8. The molecular weight excluding hydrogens is 314 g/mol. The van der Waals surface area contributed by atoms with E-state index in [2.05, 4.69) is 0 Å². The fourth-order valence-corrected chi connectivity index (χ4v) is 1.88. The monoisotopic (exact) mass is 331 g/mol. The highest BCUT2D eigenvalue weighted by Gasteiger charge is 2.20. The SMILES string of the molecule is O=C(OCCO)C(CCO)=C(CCO)n1c(=O)[nH]c(=O)[nH]c1=O. The maximum Gasteiger partial charge on any atom is 0.338 e. The van der Waals surface area contributed by atoms with Crippen LogP contribution >= 0.6 is 0 Å². The normalized spacial score (nSPS) is 12.0. The molecule has 128 valence electrons. The van der Waals surface area contributed by atoms with Gasteiger partial charge in [-0.1, -0.05) is 0 Å². The Bertz CT molecular complexity index is 707. The first kappa shape index (κ1) is 18.5. The van der Waals surface area contributed by atoms with Gasteiger partial charge in [-0.2, -0.15) is 0 Å². The molecule has 5 N–H and O–H groups in total. The van der Waals surface area contributed by atoms with E-state index in [1.54, 1.807) is 0 Å². The smallest absolute Gasteiger partial charge is 0.338 e. The second-order valence-electron chi connectivity index (χ2n) is 4.26. The number of carbonyl (C=O) groups is 1. The number of H-pyrrole nitrogens is 2. The molecule has 0 saturated heterocycles. The molecule has 1 heterocycles. The van der Waals surface area contributed by atoms with Crippen molar-refractivity contribution < 1.29 is 24.9 Å². The molecule has 1 aromatic rings. The summed E-state index contributed by atoms with van der Waals surface area (Å²) < 4.78 is 5.19. The number of hydrogen-bond donors (Lipinski definition) is 5. The van der Waals surface area contributed by atoms with Crippen LogP contribution in [0.4, 0.5) is 0 Å². The van der Waals surface area contributed by atoms with E-state index < -0.39 is 42.9 Å². The summed E-state index contributed by atoms with van der Waals surface area (Å²) in [6.07, 6.45) is -0.539. The number of aromatic amines is 2. The van der Waals surface area contributed by atoms with Crippen molar-refractivity contribution in [1.82, 2.24) is 14.5 Å². The first-order valence-corrected chi connectivity index (χ1v) is 6.64. The fourth-order valence-electron chi connectivity index (χ4n) is 1.88. The van der Waals surface area contributed by atoms with E-state index in [0.717, 1.165) is 0 Å². The molecule has 1 aromatic heterocycles. The molecule has 0 aromatic carbocycles. The number of ether oxygens (including phenoxy) is 1. The van der Waals surface area contributed by atoms with E-state index in [4.69, 9.17) is 20.1 Å². The first-order chi connectivity index (χ1) is 11.0. The zero-order valence-electron chi connectivity index (χ0n) is 12.1. The van der Waals surface area contributed by atoms with Crippen LogP contribution in [-0.2, 0) is 9.53 Å². The molecule has 0 bridgehead atoms. The summed E-state index contributed by atoms with van der Waals surface area (Å²) in [6, 6.07) is 0. The average molecular weight is 331 g/mol. The average Bonchev–Trinajstić information content (AvgIpc) is 2.48. The highest BCUT2D eigenvalue weighted by Crippen LogP contribution is 2.16. The lowest BCUT2D eigenvalue weighted by Gasteiger charge is -2.14. The molecule has 0 fully saturated rings. The quantitative estimate of drug-likeness (QED) is 0.243. The molecule has 0 amide bonds. The van der Waals surface area contributed by atoms with Crippen molar-refractivity contribution in [2.24, 2.45) is 0 Å². The third-order valence-electron chi connectivity index (χ3n) is 2.75. The van der Waals surface area contributed by atoms with Crippen LogP contribution in [0.25, 0.3) is 5.70 Å². The summed E-state index contributed by atoms with van der Waals surface area (Å²) in [7, 11) is 0. The first-order valence-electron chi connectivity index (χ1n) is 6.64. The molecule has 23 heavy (non-hydrogen) atoms. The Morgan fingerprint density at radius 2 is 1.52 bits per heavy atom. The van der Waals surface area contributed by atoms with E-state index in [0.29, 0.717) is 4.57 Å². The van der Waals surface area contributed by atoms with E-state index in [1.165, 1.54) is 0 Å². The number of aliphatic hydroxyl groups is 3. The Morgan fingerprint density at radius 3 is 2.00 bits per heavy atom. The molecule has 0 aliphatic carbocycles. The van der Waals surface area contributed by atoms with Gasteiger partial charge in [-0.15, -0.1) is 0 Å². The van der Waals surface area contributed by atoms with Crippen molar-refractivity contribution in [1.29, 1.82) is 0 Å². The summed E-state index contributed by atoms with van der Waals surface area (Å²) in [6.45, 7) is -1.76. The lowest BCUT2D eigenvalue weighted by molar-refractivity contribution is -0.140. The summed E-state index contributed by atoms with van der Waals surface area (Å²) in [5, 5.41) is 26.9. The third kappa shape index (κ3) is 4.74. The van der Waals surface area contributed by atoms with E-state index in [1.807, 2.05) is 9.97 Å². The minimum Gasteiger partial charge on any atom is -0.460 e. The number of nitrogens with one attached hydrogen (secondary N) is 2. The molecule has 0 saturated carbocycles. The maximum atomic E-state index is 12.0. The molecule has 11 nitrogen and oxygen atoms in total. The van der Waals surface area contributed by atoms with Gasteiger partial charge in [0.05, 0.1) is 12.2 Å². The van der Waals surface area contributed by atoms with Crippen LogP contribution in [0.1, 0.15) is 12.8 Å². The van der Waals surface area contributed by atoms with Gasteiger partial charge in [0.2, 0.25) is 0 Å². The largest absolute Gasteiger partial charge is 0.460 e. The number of carbonyl (C=O) groups excluding carboxylic acids is 1. The molecule has 0 aliphatic rings. The van der Waals surface area contributed by atoms with Gasteiger partial charge < -0.3 is 20.1 Å². The molecule has 0 radical (unpaired) electrons. The van der Waals surface area contributed by atoms with E-state index >= 15 is 0 Å². The highest BCUT2D eigenvalue weighted by atomic mass is 16.5. The second-order valence-corrected chi connectivity index (χ2v) is 4.26. The van der Waals surface area contributed by atoms with Crippen LogP contribution in [0.3, 0.4) is 0 Å². The molecule has 11 heteroatoms. The Balaban J connectivity index is 3.56. The molecule has 0 aliphatic heterocycles. The number of hydrogen-bond acceptors (Lipinski definition) is 8. The van der Waals surface area contributed by atoms with Gasteiger partial charge in [-0.25, -0.2) is 23.7 Å². The second kappa shape index (κ2) is 8.82. The van der Waals surface area contributed by atoms with Crippen molar-refractivity contribution in [3.8, 4) is 0 Å². The summed E-state index contributed by atoms with van der Waals surface area (Å²) in [4.78, 5) is 50.4. The molecule has 0 atom stereocenters. The topological polar surface area (TPSA) is 175 Å². The van der Waals surface area contributed by atoms with Gasteiger partial charge >= 0.3 is 23.0 Å². The van der Waals surface area contributed by atoms with Gasteiger partial charge in [0.25, 0.3) is 0 Å². The van der Waals surface area contributed by atoms with Crippen molar-refractivity contribution in [2.45, 2.75) is 12.8 Å². The number of esters is 1. The predicted octanol–water partition coefficient (Wildman–Crippen LogP) is -3.26.